The highest BCUT2D eigenvalue weighted by Crippen LogP contribution is 2.15. The van der Waals surface area contributed by atoms with E-state index in [0.29, 0.717) is 25.5 Å². The van der Waals surface area contributed by atoms with E-state index in [-0.39, 0.29) is 11.9 Å². The first kappa shape index (κ1) is 15.7. The van der Waals surface area contributed by atoms with E-state index in [1.807, 2.05) is 0 Å². The number of anilines is 1. The number of ether oxygens (including phenoxy) is 1. The molecule has 2 heterocycles. The predicted octanol–water partition coefficient (Wildman–Crippen LogP) is -0.0746. The van der Waals surface area contributed by atoms with Crippen molar-refractivity contribution in [1.82, 2.24) is 15.3 Å². The van der Waals surface area contributed by atoms with Crippen molar-refractivity contribution in [2.75, 3.05) is 31.7 Å². The van der Waals surface area contributed by atoms with Gasteiger partial charge in [-0.1, -0.05) is 0 Å². The van der Waals surface area contributed by atoms with Gasteiger partial charge >= 0.3 is 0 Å². The van der Waals surface area contributed by atoms with Crippen LogP contribution in [0.4, 0.5) is 5.95 Å². The second kappa shape index (κ2) is 7.90. The van der Waals surface area contributed by atoms with Crippen molar-refractivity contribution in [2.24, 2.45) is 5.73 Å². The van der Waals surface area contributed by atoms with Gasteiger partial charge < -0.3 is 20.7 Å². The molecular formula is C14H23N5O2. The van der Waals surface area contributed by atoms with E-state index in [4.69, 9.17) is 10.5 Å². The topological polar surface area (TPSA) is 93.4 Å². The van der Waals surface area contributed by atoms with Gasteiger partial charge in [0.2, 0.25) is 11.9 Å². The molecule has 116 valence electrons. The van der Waals surface area contributed by atoms with Crippen LogP contribution in [0.15, 0.2) is 18.5 Å². The fourth-order valence-corrected chi connectivity index (χ4v) is 2.42. The van der Waals surface area contributed by atoms with Crippen molar-refractivity contribution in [3.63, 3.8) is 0 Å². The van der Waals surface area contributed by atoms with E-state index in [9.17, 15) is 4.79 Å². The Morgan fingerprint density at radius 1 is 1.57 bits per heavy atom. The summed E-state index contributed by atoms with van der Waals surface area (Å²) in [6.45, 7) is 2.11. The number of aromatic nitrogens is 2. The van der Waals surface area contributed by atoms with Gasteiger partial charge in [0.1, 0.15) is 0 Å². The Balaban J connectivity index is 1.85. The molecule has 1 aliphatic heterocycles. The van der Waals surface area contributed by atoms with E-state index < -0.39 is 6.04 Å². The lowest BCUT2D eigenvalue weighted by Crippen LogP contribution is -2.52. The first-order valence-electron chi connectivity index (χ1n) is 7.27. The van der Waals surface area contributed by atoms with Crippen molar-refractivity contribution < 1.29 is 9.53 Å². The van der Waals surface area contributed by atoms with Gasteiger partial charge in [-0.15, -0.1) is 0 Å². The summed E-state index contributed by atoms with van der Waals surface area (Å²) < 4.78 is 4.94. The predicted molar refractivity (Wildman–Crippen MR) is 79.9 cm³/mol. The van der Waals surface area contributed by atoms with Crippen molar-refractivity contribution in [1.29, 1.82) is 0 Å². The van der Waals surface area contributed by atoms with Gasteiger partial charge in [0, 0.05) is 45.2 Å². The molecule has 0 bridgehead atoms. The summed E-state index contributed by atoms with van der Waals surface area (Å²) in [5.74, 6) is 0.591. The van der Waals surface area contributed by atoms with Gasteiger partial charge in [0.25, 0.3) is 0 Å². The zero-order valence-corrected chi connectivity index (χ0v) is 12.4. The smallest absolute Gasteiger partial charge is 0.237 e. The van der Waals surface area contributed by atoms with Gasteiger partial charge in [-0.25, -0.2) is 9.97 Å². The zero-order chi connectivity index (χ0) is 15.1. The van der Waals surface area contributed by atoms with Crippen molar-refractivity contribution in [3.05, 3.63) is 18.5 Å². The first-order valence-corrected chi connectivity index (χ1v) is 7.27. The average Bonchev–Trinajstić information content (AvgIpc) is 2.53. The van der Waals surface area contributed by atoms with Crippen LogP contribution in [0.5, 0.6) is 0 Å². The Labute approximate surface area is 124 Å². The number of carbonyl (C=O) groups excluding carboxylic acids is 1. The molecule has 3 N–H and O–H groups in total. The highest BCUT2D eigenvalue weighted by atomic mass is 16.5. The Morgan fingerprint density at radius 2 is 2.33 bits per heavy atom. The molecule has 2 rings (SSSR count). The van der Waals surface area contributed by atoms with Crippen LogP contribution in [0.3, 0.4) is 0 Å². The van der Waals surface area contributed by atoms with E-state index in [1.165, 1.54) is 0 Å². The molecule has 7 nitrogen and oxygen atoms in total. The van der Waals surface area contributed by atoms with Crippen LogP contribution in [0.25, 0.3) is 0 Å². The van der Waals surface area contributed by atoms with Gasteiger partial charge in [0.05, 0.1) is 6.04 Å². The molecule has 1 aliphatic rings. The summed E-state index contributed by atoms with van der Waals surface area (Å²) in [6, 6.07) is 1.36. The maximum atomic E-state index is 12.0. The maximum Gasteiger partial charge on any atom is 0.237 e. The Morgan fingerprint density at radius 3 is 3.05 bits per heavy atom. The van der Waals surface area contributed by atoms with Crippen LogP contribution in [0.2, 0.25) is 0 Å². The molecule has 21 heavy (non-hydrogen) atoms. The number of methoxy groups -OCH3 is 1. The molecule has 7 heteroatoms. The fraction of sp³-hybridized carbons (Fsp3) is 0.643. The van der Waals surface area contributed by atoms with Crippen LogP contribution in [0.1, 0.15) is 19.3 Å². The number of hydrogen-bond donors (Lipinski definition) is 2. The average molecular weight is 293 g/mol. The molecule has 0 saturated carbocycles. The third-order valence-electron chi connectivity index (χ3n) is 3.57. The van der Waals surface area contributed by atoms with E-state index in [0.717, 1.165) is 19.4 Å². The van der Waals surface area contributed by atoms with Gasteiger partial charge in [-0.2, -0.15) is 0 Å². The molecule has 2 atom stereocenters. The first-order chi connectivity index (χ1) is 10.2. The molecule has 1 fully saturated rings. The van der Waals surface area contributed by atoms with E-state index in [1.54, 1.807) is 25.6 Å². The molecule has 0 spiro atoms. The summed E-state index contributed by atoms with van der Waals surface area (Å²) in [5.41, 5.74) is 5.84. The standard InChI is InChI=1S/C14H23N5O2/c1-21-9-5-12(15)13(20)18-11-4-2-8-19(10-11)14-16-6-3-7-17-14/h3,6-7,11-12H,2,4-5,8-10,15H2,1H3,(H,18,20). The molecular weight excluding hydrogens is 270 g/mol. The minimum atomic E-state index is -0.520. The monoisotopic (exact) mass is 293 g/mol. The summed E-state index contributed by atoms with van der Waals surface area (Å²) in [6.07, 6.45) is 5.93. The third-order valence-corrected chi connectivity index (χ3v) is 3.57. The van der Waals surface area contributed by atoms with Crippen LogP contribution in [-0.2, 0) is 9.53 Å². The molecule has 0 aromatic carbocycles. The van der Waals surface area contributed by atoms with Crippen molar-refractivity contribution in [3.8, 4) is 0 Å². The number of carbonyl (C=O) groups is 1. The Kier molecular flexibility index (Phi) is 5.89. The van der Waals surface area contributed by atoms with Gasteiger partial charge in [-0.3, -0.25) is 4.79 Å². The fourth-order valence-electron chi connectivity index (χ4n) is 2.42. The second-order valence-electron chi connectivity index (χ2n) is 5.23. The third kappa shape index (κ3) is 4.64. The minimum absolute atomic E-state index is 0.0867. The molecule has 1 amide bonds. The van der Waals surface area contributed by atoms with Crippen molar-refractivity contribution in [2.45, 2.75) is 31.3 Å². The van der Waals surface area contributed by atoms with Crippen LogP contribution in [0, 0.1) is 0 Å². The Hall–Kier alpha value is -1.73. The highest BCUT2D eigenvalue weighted by molar-refractivity contribution is 5.81. The summed E-state index contributed by atoms with van der Waals surface area (Å²) in [5, 5.41) is 3.01. The molecule has 1 saturated heterocycles. The van der Waals surface area contributed by atoms with Crippen LogP contribution >= 0.6 is 0 Å². The molecule has 1 aromatic heterocycles. The van der Waals surface area contributed by atoms with Crippen molar-refractivity contribution >= 4 is 11.9 Å². The molecule has 0 aliphatic carbocycles. The normalized spacial score (nSPS) is 20.1. The quantitative estimate of drug-likeness (QED) is 0.762. The lowest BCUT2D eigenvalue weighted by molar-refractivity contribution is -0.123. The number of nitrogens with one attached hydrogen (secondary N) is 1. The maximum absolute atomic E-state index is 12.0. The molecule has 1 aromatic rings. The summed E-state index contributed by atoms with van der Waals surface area (Å²) in [7, 11) is 1.60. The lowest BCUT2D eigenvalue weighted by atomic mass is 10.1. The number of hydrogen-bond acceptors (Lipinski definition) is 6. The number of piperidine rings is 1. The van der Waals surface area contributed by atoms with Gasteiger partial charge in [-0.05, 0) is 25.3 Å². The number of nitrogens with zero attached hydrogens (tertiary/aromatic N) is 3. The number of amides is 1. The van der Waals surface area contributed by atoms with Gasteiger partial charge in [0.15, 0.2) is 0 Å². The Bertz CT molecular complexity index is 442. The summed E-state index contributed by atoms with van der Waals surface area (Å²) in [4.78, 5) is 22.6. The zero-order valence-electron chi connectivity index (χ0n) is 12.4. The lowest BCUT2D eigenvalue weighted by Gasteiger charge is -2.33. The highest BCUT2D eigenvalue weighted by Gasteiger charge is 2.24. The summed E-state index contributed by atoms with van der Waals surface area (Å²) >= 11 is 0. The second-order valence-corrected chi connectivity index (χ2v) is 5.23. The number of rotatable bonds is 6. The van der Waals surface area contributed by atoms with Crippen LogP contribution < -0.4 is 16.0 Å². The number of nitrogens with two attached hydrogens (primary N) is 1. The SMILES string of the molecule is COCCC(N)C(=O)NC1CCCN(c2ncccn2)C1. The minimum Gasteiger partial charge on any atom is -0.385 e. The molecule has 2 unspecified atom stereocenters. The largest absolute Gasteiger partial charge is 0.385 e. The van der Waals surface area contributed by atoms with E-state index >= 15 is 0 Å². The van der Waals surface area contributed by atoms with Crippen LogP contribution in [-0.4, -0.2) is 54.8 Å². The molecule has 0 radical (unpaired) electrons. The van der Waals surface area contributed by atoms with E-state index in [2.05, 4.69) is 20.2 Å².